The number of hydrogen-bond acceptors (Lipinski definition) is 2. The van der Waals surface area contributed by atoms with E-state index in [0.717, 1.165) is 19.4 Å². The molecule has 1 amide bonds. The van der Waals surface area contributed by atoms with Crippen molar-refractivity contribution in [2.24, 2.45) is 0 Å². The molecule has 3 atom stereocenters. The molecule has 1 N–H and O–H groups in total. The first-order valence-electron chi connectivity index (χ1n) is 7.23. The third kappa shape index (κ3) is 3.21. The fourth-order valence-corrected chi connectivity index (χ4v) is 3.34. The van der Waals surface area contributed by atoms with Gasteiger partial charge in [-0.1, -0.05) is 0 Å². The number of piperidine rings is 1. The predicted octanol–water partition coefficient (Wildman–Crippen LogP) is 2.31. The fraction of sp³-hybridized carbons (Fsp3) is 0.929. The first-order chi connectivity index (χ1) is 8.18. The van der Waals surface area contributed by atoms with E-state index in [0.29, 0.717) is 24.0 Å². The number of carbonyl (C=O) groups excluding carboxylic acids is 1. The monoisotopic (exact) mass is 238 g/mol. The van der Waals surface area contributed by atoms with Crippen molar-refractivity contribution in [1.29, 1.82) is 0 Å². The summed E-state index contributed by atoms with van der Waals surface area (Å²) in [5.74, 6) is 0.374. The number of rotatable bonds is 3. The largest absolute Gasteiger partial charge is 0.337 e. The van der Waals surface area contributed by atoms with E-state index in [2.05, 4.69) is 24.1 Å². The minimum atomic E-state index is 0.374. The first kappa shape index (κ1) is 12.9. The summed E-state index contributed by atoms with van der Waals surface area (Å²) in [5, 5.41) is 3.47. The molecule has 0 aromatic carbocycles. The predicted molar refractivity (Wildman–Crippen MR) is 69.9 cm³/mol. The summed E-state index contributed by atoms with van der Waals surface area (Å²) in [5.41, 5.74) is 0. The molecule has 2 fully saturated rings. The molecule has 2 rings (SSSR count). The standard InChI is InChI=1S/C14H26N2O/c1-11-5-3-6-12(2)16(11)14(17)9-8-13-7-4-10-15-13/h11-13,15H,3-10H2,1-2H3. The topological polar surface area (TPSA) is 32.3 Å². The van der Waals surface area contributed by atoms with Gasteiger partial charge < -0.3 is 10.2 Å². The lowest BCUT2D eigenvalue weighted by Crippen LogP contribution is -2.47. The molecule has 17 heavy (non-hydrogen) atoms. The van der Waals surface area contributed by atoms with E-state index in [1.165, 1.54) is 32.1 Å². The molecule has 3 heteroatoms. The molecule has 98 valence electrons. The molecule has 2 aliphatic rings. The summed E-state index contributed by atoms with van der Waals surface area (Å²) in [6, 6.07) is 1.49. The second kappa shape index (κ2) is 5.85. The molecule has 0 radical (unpaired) electrons. The molecule has 3 nitrogen and oxygen atoms in total. The molecule has 2 heterocycles. The minimum absolute atomic E-state index is 0.374. The van der Waals surface area contributed by atoms with Gasteiger partial charge in [0.15, 0.2) is 0 Å². The minimum Gasteiger partial charge on any atom is -0.337 e. The van der Waals surface area contributed by atoms with Crippen molar-refractivity contribution in [1.82, 2.24) is 10.2 Å². The van der Waals surface area contributed by atoms with Crippen LogP contribution >= 0.6 is 0 Å². The number of nitrogens with zero attached hydrogens (tertiary/aromatic N) is 1. The van der Waals surface area contributed by atoms with Crippen LogP contribution in [0.5, 0.6) is 0 Å². The quantitative estimate of drug-likeness (QED) is 0.818. The number of carbonyl (C=O) groups is 1. The van der Waals surface area contributed by atoms with Crippen LogP contribution in [0.2, 0.25) is 0 Å². The Labute approximate surface area is 105 Å². The molecule has 2 aliphatic heterocycles. The molecule has 0 aliphatic carbocycles. The Hall–Kier alpha value is -0.570. The van der Waals surface area contributed by atoms with E-state index in [9.17, 15) is 4.79 Å². The Kier molecular flexibility index (Phi) is 4.43. The normalized spacial score (nSPS) is 34.0. The van der Waals surface area contributed by atoms with Gasteiger partial charge in [0.25, 0.3) is 0 Å². The van der Waals surface area contributed by atoms with E-state index in [1.54, 1.807) is 0 Å². The summed E-state index contributed by atoms with van der Waals surface area (Å²) >= 11 is 0. The summed E-state index contributed by atoms with van der Waals surface area (Å²) in [7, 11) is 0. The van der Waals surface area contributed by atoms with Gasteiger partial charge >= 0.3 is 0 Å². The van der Waals surface area contributed by atoms with Gasteiger partial charge in [-0.3, -0.25) is 4.79 Å². The highest BCUT2D eigenvalue weighted by Gasteiger charge is 2.29. The summed E-state index contributed by atoms with van der Waals surface area (Å²) in [6.07, 6.45) is 7.90. The van der Waals surface area contributed by atoms with Crippen molar-refractivity contribution < 1.29 is 4.79 Å². The Balaban J connectivity index is 1.80. The zero-order valence-electron chi connectivity index (χ0n) is 11.2. The highest BCUT2D eigenvalue weighted by Crippen LogP contribution is 2.24. The van der Waals surface area contributed by atoms with E-state index >= 15 is 0 Å². The van der Waals surface area contributed by atoms with Gasteiger partial charge in [0.1, 0.15) is 0 Å². The molecule has 0 spiro atoms. The van der Waals surface area contributed by atoms with Crippen LogP contribution < -0.4 is 5.32 Å². The van der Waals surface area contributed by atoms with Gasteiger partial charge in [-0.2, -0.15) is 0 Å². The Bertz CT molecular complexity index is 251. The van der Waals surface area contributed by atoms with Crippen LogP contribution in [0, 0.1) is 0 Å². The molecule has 0 saturated carbocycles. The van der Waals surface area contributed by atoms with Crippen LogP contribution in [0.3, 0.4) is 0 Å². The van der Waals surface area contributed by atoms with Gasteiger partial charge in [-0.25, -0.2) is 0 Å². The third-order valence-electron chi connectivity index (χ3n) is 4.35. The van der Waals surface area contributed by atoms with Crippen LogP contribution in [0.15, 0.2) is 0 Å². The number of amides is 1. The second-order valence-electron chi connectivity index (χ2n) is 5.76. The molecule has 3 unspecified atom stereocenters. The zero-order chi connectivity index (χ0) is 12.3. The summed E-state index contributed by atoms with van der Waals surface area (Å²) in [4.78, 5) is 14.4. The Morgan fingerprint density at radius 3 is 2.47 bits per heavy atom. The van der Waals surface area contributed by atoms with Crippen LogP contribution in [0.25, 0.3) is 0 Å². The maximum absolute atomic E-state index is 12.3. The van der Waals surface area contributed by atoms with Gasteiger partial charge in [-0.05, 0) is 58.9 Å². The van der Waals surface area contributed by atoms with Crippen LogP contribution in [0.1, 0.15) is 58.8 Å². The third-order valence-corrected chi connectivity index (χ3v) is 4.35. The highest BCUT2D eigenvalue weighted by atomic mass is 16.2. The molecule has 0 aromatic rings. The van der Waals surface area contributed by atoms with Gasteiger partial charge in [0, 0.05) is 24.5 Å². The maximum Gasteiger partial charge on any atom is 0.223 e. The Morgan fingerprint density at radius 1 is 1.18 bits per heavy atom. The molecule has 0 aromatic heterocycles. The molecular formula is C14H26N2O. The lowest BCUT2D eigenvalue weighted by atomic mass is 9.96. The molecular weight excluding hydrogens is 212 g/mol. The second-order valence-corrected chi connectivity index (χ2v) is 5.76. The van der Waals surface area contributed by atoms with Gasteiger partial charge in [0.05, 0.1) is 0 Å². The smallest absolute Gasteiger partial charge is 0.223 e. The average Bonchev–Trinajstić information content (AvgIpc) is 2.79. The van der Waals surface area contributed by atoms with Crippen molar-refractivity contribution in [3.63, 3.8) is 0 Å². The van der Waals surface area contributed by atoms with Crippen molar-refractivity contribution >= 4 is 5.91 Å². The number of likely N-dealkylation sites (tertiary alicyclic amines) is 1. The van der Waals surface area contributed by atoms with Crippen molar-refractivity contribution in [3.05, 3.63) is 0 Å². The first-order valence-corrected chi connectivity index (χ1v) is 7.23. The van der Waals surface area contributed by atoms with E-state index in [4.69, 9.17) is 0 Å². The molecule has 2 saturated heterocycles. The summed E-state index contributed by atoms with van der Waals surface area (Å²) < 4.78 is 0. The van der Waals surface area contributed by atoms with E-state index < -0.39 is 0 Å². The molecule has 0 bridgehead atoms. The fourth-order valence-electron chi connectivity index (χ4n) is 3.34. The van der Waals surface area contributed by atoms with Crippen LogP contribution in [-0.2, 0) is 4.79 Å². The number of hydrogen-bond donors (Lipinski definition) is 1. The lowest BCUT2D eigenvalue weighted by molar-refractivity contribution is -0.137. The van der Waals surface area contributed by atoms with E-state index in [-0.39, 0.29) is 0 Å². The van der Waals surface area contributed by atoms with Gasteiger partial charge in [-0.15, -0.1) is 0 Å². The Morgan fingerprint density at radius 2 is 1.88 bits per heavy atom. The summed E-state index contributed by atoms with van der Waals surface area (Å²) in [6.45, 7) is 5.53. The zero-order valence-corrected chi connectivity index (χ0v) is 11.2. The van der Waals surface area contributed by atoms with Crippen molar-refractivity contribution in [2.75, 3.05) is 6.54 Å². The van der Waals surface area contributed by atoms with Crippen LogP contribution in [-0.4, -0.2) is 35.5 Å². The van der Waals surface area contributed by atoms with Crippen LogP contribution in [0.4, 0.5) is 0 Å². The average molecular weight is 238 g/mol. The number of nitrogens with one attached hydrogen (secondary N) is 1. The van der Waals surface area contributed by atoms with Crippen molar-refractivity contribution in [2.45, 2.75) is 76.9 Å². The highest BCUT2D eigenvalue weighted by molar-refractivity contribution is 5.77. The van der Waals surface area contributed by atoms with Gasteiger partial charge in [0.2, 0.25) is 5.91 Å². The van der Waals surface area contributed by atoms with E-state index in [1.807, 2.05) is 0 Å². The maximum atomic E-state index is 12.3. The van der Waals surface area contributed by atoms with Crippen molar-refractivity contribution in [3.8, 4) is 0 Å². The SMILES string of the molecule is CC1CCCC(C)N1C(=O)CCC1CCCN1. The lowest BCUT2D eigenvalue weighted by Gasteiger charge is -2.39.